The molecular formula is C12H20N2O4. The zero-order chi connectivity index (χ0) is 13.5. The minimum atomic E-state index is -0.419. The summed E-state index contributed by atoms with van der Waals surface area (Å²) in [7, 11) is 1.61. The van der Waals surface area contributed by atoms with Crippen LogP contribution in [0.3, 0.4) is 0 Å². The van der Waals surface area contributed by atoms with E-state index in [1.165, 1.54) is 0 Å². The van der Waals surface area contributed by atoms with Crippen LogP contribution in [-0.2, 0) is 14.3 Å². The van der Waals surface area contributed by atoms with Crippen LogP contribution in [0, 0.1) is 0 Å². The second-order valence-corrected chi connectivity index (χ2v) is 4.17. The zero-order valence-electron chi connectivity index (χ0n) is 11.0. The summed E-state index contributed by atoms with van der Waals surface area (Å²) in [5, 5.41) is 0. The summed E-state index contributed by atoms with van der Waals surface area (Å²) in [6.45, 7) is 8.18. The highest BCUT2D eigenvalue weighted by Gasteiger charge is 2.27. The minimum Gasteiger partial charge on any atom is -0.460 e. The lowest BCUT2D eigenvalue weighted by Gasteiger charge is -2.18. The average Bonchev–Trinajstić information content (AvgIpc) is 2.68. The fraction of sp³-hybridized carbons (Fsp3) is 0.667. The van der Waals surface area contributed by atoms with Crippen LogP contribution in [0.15, 0.2) is 12.2 Å². The molecule has 0 radical (unpaired) electrons. The van der Waals surface area contributed by atoms with Crippen LogP contribution in [0.4, 0.5) is 4.79 Å². The molecule has 0 atom stereocenters. The van der Waals surface area contributed by atoms with E-state index >= 15 is 0 Å². The molecule has 102 valence electrons. The molecule has 0 N–H and O–H groups in total. The van der Waals surface area contributed by atoms with Crippen LogP contribution < -0.4 is 0 Å². The van der Waals surface area contributed by atoms with Gasteiger partial charge < -0.3 is 19.3 Å². The molecule has 1 heterocycles. The Morgan fingerprint density at radius 2 is 1.83 bits per heavy atom. The largest absolute Gasteiger partial charge is 0.460 e. The second-order valence-electron chi connectivity index (χ2n) is 4.17. The smallest absolute Gasteiger partial charge is 0.333 e. The number of hydrogen-bond donors (Lipinski definition) is 0. The topological polar surface area (TPSA) is 59.1 Å². The normalized spacial score (nSPS) is 15.1. The summed E-state index contributed by atoms with van der Waals surface area (Å²) in [5.74, 6) is -0.419. The molecule has 0 unspecified atom stereocenters. The lowest BCUT2D eigenvalue weighted by Crippen LogP contribution is -2.35. The Balaban J connectivity index is 2.26. The van der Waals surface area contributed by atoms with Gasteiger partial charge in [-0.15, -0.1) is 0 Å². The van der Waals surface area contributed by atoms with E-state index in [4.69, 9.17) is 9.47 Å². The number of carbonyl (C=O) groups is 2. The lowest BCUT2D eigenvalue weighted by atomic mass is 10.4. The number of hydrogen-bond acceptors (Lipinski definition) is 4. The van der Waals surface area contributed by atoms with Gasteiger partial charge in [0.1, 0.15) is 6.61 Å². The Kier molecular flexibility index (Phi) is 5.64. The van der Waals surface area contributed by atoms with Gasteiger partial charge in [-0.1, -0.05) is 6.58 Å². The molecule has 0 spiro atoms. The van der Waals surface area contributed by atoms with Crippen molar-refractivity contribution in [2.45, 2.75) is 6.92 Å². The summed E-state index contributed by atoms with van der Waals surface area (Å²) in [4.78, 5) is 26.4. The molecule has 2 amide bonds. The first-order valence-electron chi connectivity index (χ1n) is 5.91. The third kappa shape index (κ3) is 4.03. The minimum absolute atomic E-state index is 0.0292. The number of ether oxygens (including phenoxy) is 2. The molecule has 0 aromatic carbocycles. The number of esters is 1. The highest BCUT2D eigenvalue weighted by molar-refractivity contribution is 5.86. The molecule has 1 fully saturated rings. The van der Waals surface area contributed by atoms with Crippen molar-refractivity contribution >= 4 is 12.0 Å². The molecule has 6 heteroatoms. The van der Waals surface area contributed by atoms with Gasteiger partial charge in [0, 0.05) is 32.3 Å². The van der Waals surface area contributed by atoms with Gasteiger partial charge in [-0.2, -0.15) is 0 Å². The quantitative estimate of drug-likeness (QED) is 0.491. The number of carbonyl (C=O) groups excluding carboxylic acids is 2. The molecule has 0 aliphatic carbocycles. The molecule has 0 aromatic heterocycles. The Hall–Kier alpha value is -1.56. The molecule has 1 aliphatic rings. The molecular weight excluding hydrogens is 236 g/mol. The van der Waals surface area contributed by atoms with Crippen molar-refractivity contribution < 1.29 is 19.1 Å². The van der Waals surface area contributed by atoms with Gasteiger partial charge in [0.15, 0.2) is 0 Å². The van der Waals surface area contributed by atoms with E-state index in [0.717, 1.165) is 0 Å². The van der Waals surface area contributed by atoms with Crippen LogP contribution >= 0.6 is 0 Å². The van der Waals surface area contributed by atoms with Gasteiger partial charge in [0.05, 0.1) is 13.2 Å². The summed E-state index contributed by atoms with van der Waals surface area (Å²) in [6.07, 6.45) is 0. The number of amides is 2. The maximum Gasteiger partial charge on any atom is 0.333 e. The summed E-state index contributed by atoms with van der Waals surface area (Å²) in [6, 6.07) is -0.0292. The second kappa shape index (κ2) is 7.00. The van der Waals surface area contributed by atoms with Gasteiger partial charge in [0.2, 0.25) is 0 Å². The first-order valence-corrected chi connectivity index (χ1v) is 5.91. The van der Waals surface area contributed by atoms with Crippen LogP contribution in [0.2, 0.25) is 0 Å². The first-order chi connectivity index (χ1) is 8.56. The molecule has 1 rings (SSSR count). The van der Waals surface area contributed by atoms with Crippen molar-refractivity contribution in [1.29, 1.82) is 0 Å². The molecule has 0 saturated carbocycles. The fourth-order valence-electron chi connectivity index (χ4n) is 1.62. The standard InChI is InChI=1S/C12H20N2O4/c1-10(2)11(15)18-9-7-14-5-4-13(12(14)16)6-8-17-3/h1,4-9H2,2-3H3. The summed E-state index contributed by atoms with van der Waals surface area (Å²) >= 11 is 0. The number of urea groups is 1. The predicted octanol–water partition coefficient (Wildman–Crippen LogP) is 0.490. The molecule has 0 aromatic rings. The highest BCUT2D eigenvalue weighted by atomic mass is 16.5. The van der Waals surface area contributed by atoms with Crippen LogP contribution in [0.5, 0.6) is 0 Å². The summed E-state index contributed by atoms with van der Waals surface area (Å²) < 4.78 is 9.89. The van der Waals surface area contributed by atoms with Gasteiger partial charge in [-0.25, -0.2) is 9.59 Å². The maximum absolute atomic E-state index is 11.9. The average molecular weight is 256 g/mol. The monoisotopic (exact) mass is 256 g/mol. The van der Waals surface area contributed by atoms with E-state index in [1.54, 1.807) is 23.8 Å². The molecule has 18 heavy (non-hydrogen) atoms. The third-order valence-corrected chi connectivity index (χ3v) is 2.69. The van der Waals surface area contributed by atoms with Crippen LogP contribution in [-0.4, -0.2) is 68.3 Å². The van der Waals surface area contributed by atoms with Crippen molar-refractivity contribution in [3.63, 3.8) is 0 Å². The molecule has 1 saturated heterocycles. The van der Waals surface area contributed by atoms with E-state index in [1.807, 2.05) is 0 Å². The van der Waals surface area contributed by atoms with Crippen LogP contribution in [0.25, 0.3) is 0 Å². The Bertz CT molecular complexity index is 330. The zero-order valence-corrected chi connectivity index (χ0v) is 11.0. The van der Waals surface area contributed by atoms with E-state index < -0.39 is 5.97 Å². The molecule has 0 bridgehead atoms. The third-order valence-electron chi connectivity index (χ3n) is 2.69. The van der Waals surface area contributed by atoms with Crippen molar-refractivity contribution in [1.82, 2.24) is 9.80 Å². The number of rotatable bonds is 7. The summed E-state index contributed by atoms with van der Waals surface area (Å²) in [5.41, 5.74) is 0.365. The molecule has 6 nitrogen and oxygen atoms in total. The van der Waals surface area contributed by atoms with E-state index in [2.05, 4.69) is 6.58 Å². The number of methoxy groups -OCH3 is 1. The van der Waals surface area contributed by atoms with Crippen molar-refractivity contribution in [3.8, 4) is 0 Å². The Morgan fingerprint density at radius 3 is 2.33 bits per heavy atom. The Morgan fingerprint density at radius 1 is 1.28 bits per heavy atom. The molecule has 1 aliphatic heterocycles. The fourth-order valence-corrected chi connectivity index (χ4v) is 1.62. The number of nitrogens with zero attached hydrogens (tertiary/aromatic N) is 2. The maximum atomic E-state index is 11.9. The van der Waals surface area contributed by atoms with Crippen molar-refractivity contribution in [3.05, 3.63) is 12.2 Å². The highest BCUT2D eigenvalue weighted by Crippen LogP contribution is 2.07. The predicted molar refractivity (Wildman–Crippen MR) is 66.2 cm³/mol. The van der Waals surface area contributed by atoms with Gasteiger partial charge in [0.25, 0.3) is 0 Å². The Labute approximate surface area is 107 Å². The van der Waals surface area contributed by atoms with E-state index in [0.29, 0.717) is 38.4 Å². The van der Waals surface area contributed by atoms with Crippen molar-refractivity contribution in [2.75, 3.05) is 46.5 Å². The van der Waals surface area contributed by atoms with E-state index in [9.17, 15) is 9.59 Å². The lowest BCUT2D eigenvalue weighted by molar-refractivity contribution is -0.139. The van der Waals surface area contributed by atoms with E-state index in [-0.39, 0.29) is 12.6 Å². The van der Waals surface area contributed by atoms with Crippen molar-refractivity contribution in [2.24, 2.45) is 0 Å². The van der Waals surface area contributed by atoms with Gasteiger partial charge in [-0.05, 0) is 6.92 Å². The first kappa shape index (κ1) is 14.5. The van der Waals surface area contributed by atoms with Gasteiger partial charge >= 0.3 is 12.0 Å². The van der Waals surface area contributed by atoms with Gasteiger partial charge in [-0.3, -0.25) is 0 Å². The SMILES string of the molecule is C=C(C)C(=O)OCCN1CCN(CCOC)C1=O. The van der Waals surface area contributed by atoms with Crippen LogP contribution in [0.1, 0.15) is 6.92 Å².